The molecule has 8 aromatic rings. The van der Waals surface area contributed by atoms with E-state index in [1.165, 1.54) is 18.2 Å². The molecule has 0 radical (unpaired) electrons. The van der Waals surface area contributed by atoms with Crippen molar-refractivity contribution in [1.82, 2.24) is 19.1 Å². The molecule has 8 rings (SSSR count). The predicted molar refractivity (Wildman–Crippen MR) is 244 cm³/mol. The number of halogens is 4. The zero-order valence-corrected chi connectivity index (χ0v) is 37.7. The summed E-state index contributed by atoms with van der Waals surface area (Å²) in [6, 6.07) is 30.5. The van der Waals surface area contributed by atoms with Crippen LogP contribution in [0, 0.1) is 13.8 Å². The Morgan fingerprint density at radius 3 is 1.72 bits per heavy atom. The second kappa shape index (κ2) is 16.7. The lowest BCUT2D eigenvalue weighted by atomic mass is 10.0. The Kier molecular flexibility index (Phi) is 11.6. The van der Waals surface area contributed by atoms with E-state index in [1.54, 1.807) is 86.6 Å². The van der Waals surface area contributed by atoms with Crippen LogP contribution in [0.1, 0.15) is 31.9 Å². The number of aromatic nitrogens is 4. The standard InChI is InChI=1S/C45H36Cl4N4O6S2/c1-5-17-61(56,57)35-19-28(18-33(23-35)59-32-14-16-36(46)41(25-32)52-26(3)50-44-38(48)11-8-12-40(44)52)29-20-39(49)45-43(21-29)53(27(4)51-45)42-24-31(13-15-37(42)47)58-30-9-7-10-34(22-30)60(54,55)6-2/h7-16,18-25H,5-6,17H2,1-4H3. The minimum absolute atomic E-state index is 0.0453. The SMILES string of the molecule is CCCS(=O)(=O)c1cc(Oc2ccc(Cl)c(-n3c(C)nc4c(Cl)cccc43)c2)cc(-c2cc(Cl)c3nc(C)n(-c4cc(Oc5cccc(S(=O)(=O)CC)c5)ccc4Cl)c3c2)c1. The van der Waals surface area contributed by atoms with Crippen molar-refractivity contribution in [3.63, 3.8) is 0 Å². The molecule has 0 saturated carbocycles. The highest BCUT2D eigenvalue weighted by Gasteiger charge is 2.22. The normalized spacial score (nSPS) is 12.1. The van der Waals surface area contributed by atoms with Gasteiger partial charge in [-0.25, -0.2) is 26.8 Å². The van der Waals surface area contributed by atoms with Gasteiger partial charge in [-0.1, -0.05) is 72.4 Å². The van der Waals surface area contributed by atoms with Gasteiger partial charge >= 0.3 is 0 Å². The molecule has 0 aliphatic heterocycles. The lowest BCUT2D eigenvalue weighted by Gasteiger charge is -2.15. The van der Waals surface area contributed by atoms with Crippen molar-refractivity contribution < 1.29 is 26.3 Å². The highest BCUT2D eigenvalue weighted by atomic mass is 35.5. The van der Waals surface area contributed by atoms with Gasteiger partial charge in [-0.05, 0) is 116 Å². The molecule has 0 amide bonds. The van der Waals surface area contributed by atoms with Gasteiger partial charge in [0.05, 0.1) is 63.8 Å². The molecular formula is C45H36Cl4N4O6S2. The summed E-state index contributed by atoms with van der Waals surface area (Å²) in [6.45, 7) is 7.05. The third-order valence-corrected chi connectivity index (χ3v) is 14.9. The number of benzene rings is 6. The van der Waals surface area contributed by atoms with Crippen molar-refractivity contribution >= 4 is 88.1 Å². The highest BCUT2D eigenvalue weighted by Crippen LogP contribution is 2.40. The quantitative estimate of drug-likeness (QED) is 0.119. The zero-order valence-electron chi connectivity index (χ0n) is 33.1. The van der Waals surface area contributed by atoms with Crippen LogP contribution in [-0.4, -0.2) is 47.4 Å². The molecule has 0 spiro atoms. The second-order valence-corrected chi connectivity index (χ2v) is 20.3. The summed E-state index contributed by atoms with van der Waals surface area (Å²) in [5.74, 6) is 2.50. The highest BCUT2D eigenvalue weighted by molar-refractivity contribution is 7.91. The van der Waals surface area contributed by atoms with Crippen LogP contribution < -0.4 is 9.47 Å². The Labute approximate surface area is 373 Å². The van der Waals surface area contributed by atoms with E-state index in [9.17, 15) is 16.8 Å². The average molecular weight is 935 g/mol. The third-order valence-electron chi connectivity index (χ3n) is 10.1. The van der Waals surface area contributed by atoms with E-state index < -0.39 is 19.7 Å². The van der Waals surface area contributed by atoms with Crippen LogP contribution in [-0.2, 0) is 19.7 Å². The molecule has 2 heterocycles. The van der Waals surface area contributed by atoms with Crippen molar-refractivity contribution in [2.75, 3.05) is 11.5 Å². The molecule has 0 bridgehead atoms. The topological polar surface area (TPSA) is 122 Å². The smallest absolute Gasteiger partial charge is 0.178 e. The molecule has 0 aliphatic rings. The molecule has 6 aromatic carbocycles. The van der Waals surface area contributed by atoms with E-state index in [2.05, 4.69) is 4.98 Å². The van der Waals surface area contributed by atoms with E-state index in [0.717, 1.165) is 5.52 Å². The van der Waals surface area contributed by atoms with Crippen LogP contribution in [0.25, 0.3) is 44.6 Å². The number of sulfone groups is 2. The summed E-state index contributed by atoms with van der Waals surface area (Å²) in [5.41, 5.74) is 4.70. The van der Waals surface area contributed by atoms with E-state index in [4.69, 9.17) is 60.9 Å². The maximum absolute atomic E-state index is 13.7. The average Bonchev–Trinajstić information content (AvgIpc) is 3.75. The number of para-hydroxylation sites is 1. The molecule has 0 saturated heterocycles. The van der Waals surface area contributed by atoms with Gasteiger partial charge in [0.25, 0.3) is 0 Å². The van der Waals surface area contributed by atoms with Crippen LogP contribution in [0.3, 0.4) is 0 Å². The fraction of sp³-hybridized carbons (Fsp3) is 0.156. The Morgan fingerprint density at radius 1 is 0.525 bits per heavy atom. The molecule has 2 aromatic heterocycles. The second-order valence-electron chi connectivity index (χ2n) is 14.2. The molecular weight excluding hydrogens is 898 g/mol. The number of aryl methyl sites for hydroxylation is 2. The number of hydrogen-bond donors (Lipinski definition) is 0. The summed E-state index contributed by atoms with van der Waals surface area (Å²) >= 11 is 27.0. The van der Waals surface area contributed by atoms with E-state index in [0.29, 0.717) is 94.5 Å². The van der Waals surface area contributed by atoms with Gasteiger partial charge in [0.15, 0.2) is 19.7 Å². The van der Waals surface area contributed by atoms with Crippen molar-refractivity contribution in [3.05, 3.63) is 141 Å². The lowest BCUT2D eigenvalue weighted by molar-refractivity contribution is 0.480. The monoisotopic (exact) mass is 932 g/mol. The van der Waals surface area contributed by atoms with Gasteiger partial charge in [0, 0.05) is 12.1 Å². The largest absolute Gasteiger partial charge is 0.457 e. The van der Waals surface area contributed by atoms with Crippen LogP contribution in [0.2, 0.25) is 20.1 Å². The van der Waals surface area contributed by atoms with E-state index in [-0.39, 0.29) is 27.0 Å². The van der Waals surface area contributed by atoms with Crippen molar-refractivity contribution in [1.29, 1.82) is 0 Å². The van der Waals surface area contributed by atoms with E-state index >= 15 is 0 Å². The molecule has 312 valence electrons. The Bertz CT molecular complexity index is 3280. The predicted octanol–water partition coefficient (Wildman–Crippen LogP) is 12.8. The van der Waals surface area contributed by atoms with Gasteiger partial charge in [0.1, 0.15) is 45.7 Å². The first-order chi connectivity index (χ1) is 29.1. The molecule has 16 heteroatoms. The maximum atomic E-state index is 13.7. The van der Waals surface area contributed by atoms with Crippen molar-refractivity contribution in [2.24, 2.45) is 0 Å². The minimum atomic E-state index is -3.73. The van der Waals surface area contributed by atoms with Gasteiger partial charge in [-0.15, -0.1) is 0 Å². The number of ether oxygens (including phenoxy) is 2. The molecule has 0 fully saturated rings. The number of fused-ring (bicyclic) bond motifs is 2. The summed E-state index contributed by atoms with van der Waals surface area (Å²) in [4.78, 5) is 9.65. The van der Waals surface area contributed by atoms with Gasteiger partial charge in [-0.2, -0.15) is 0 Å². The zero-order chi connectivity index (χ0) is 43.4. The number of imidazole rings is 2. The Balaban J connectivity index is 1.21. The van der Waals surface area contributed by atoms with E-state index in [1.807, 2.05) is 41.2 Å². The maximum Gasteiger partial charge on any atom is 0.178 e. The fourth-order valence-corrected chi connectivity index (χ4v) is 10.4. The number of rotatable bonds is 12. The molecule has 10 nitrogen and oxygen atoms in total. The van der Waals surface area contributed by atoms with Gasteiger partial charge < -0.3 is 9.47 Å². The molecule has 0 unspecified atom stereocenters. The summed E-state index contributed by atoms with van der Waals surface area (Å²) < 4.78 is 68.8. The first kappa shape index (κ1) is 42.6. The van der Waals surface area contributed by atoms with Crippen LogP contribution >= 0.6 is 46.4 Å². The Morgan fingerprint density at radius 2 is 1.08 bits per heavy atom. The van der Waals surface area contributed by atoms with Crippen molar-refractivity contribution in [3.8, 4) is 45.5 Å². The lowest BCUT2D eigenvalue weighted by Crippen LogP contribution is -2.06. The van der Waals surface area contributed by atoms with Crippen molar-refractivity contribution in [2.45, 2.75) is 43.9 Å². The molecule has 0 atom stereocenters. The van der Waals surface area contributed by atoms with Crippen LogP contribution in [0.5, 0.6) is 23.0 Å². The molecule has 0 N–H and O–H groups in total. The van der Waals surface area contributed by atoms with Gasteiger partial charge in [-0.3, -0.25) is 9.13 Å². The first-order valence-corrected chi connectivity index (χ1v) is 23.9. The van der Waals surface area contributed by atoms with Crippen LogP contribution in [0.4, 0.5) is 0 Å². The van der Waals surface area contributed by atoms with Crippen LogP contribution in [0.15, 0.2) is 119 Å². The summed E-state index contributed by atoms with van der Waals surface area (Å²) in [5, 5.41) is 1.65. The summed E-state index contributed by atoms with van der Waals surface area (Å²) in [6.07, 6.45) is 0.411. The third kappa shape index (κ3) is 8.33. The molecule has 61 heavy (non-hydrogen) atoms. The Hall–Kier alpha value is -5.08. The minimum Gasteiger partial charge on any atom is -0.457 e. The number of hydrogen-bond acceptors (Lipinski definition) is 8. The number of nitrogens with zero attached hydrogens (tertiary/aromatic N) is 4. The first-order valence-electron chi connectivity index (χ1n) is 19.1. The summed E-state index contributed by atoms with van der Waals surface area (Å²) in [7, 11) is -7.19. The van der Waals surface area contributed by atoms with Gasteiger partial charge in [0.2, 0.25) is 0 Å². The fourth-order valence-electron chi connectivity index (χ4n) is 7.20. The molecule has 0 aliphatic carbocycles.